The van der Waals surface area contributed by atoms with Gasteiger partial charge in [0, 0.05) is 51.0 Å². The number of piperazine rings is 1. The van der Waals surface area contributed by atoms with Gasteiger partial charge in [0.15, 0.2) is 0 Å². The van der Waals surface area contributed by atoms with Gasteiger partial charge < -0.3 is 10.2 Å². The van der Waals surface area contributed by atoms with Gasteiger partial charge in [-0.2, -0.15) is 0 Å². The minimum absolute atomic E-state index is 0.0347. The second-order valence-corrected chi connectivity index (χ2v) is 9.07. The Morgan fingerprint density at radius 3 is 2.44 bits per heavy atom. The first-order valence-electron chi connectivity index (χ1n) is 11.6. The number of halogens is 1. The number of hydrogen-bond acceptors (Lipinski definition) is 4. The van der Waals surface area contributed by atoms with E-state index in [1.165, 1.54) is 12.8 Å². The predicted molar refractivity (Wildman–Crippen MR) is 126 cm³/mol. The number of nitrogens with zero attached hydrogens (tertiary/aromatic N) is 3. The molecule has 0 bridgehead atoms. The van der Waals surface area contributed by atoms with Crippen LogP contribution in [-0.2, 0) is 11.2 Å². The van der Waals surface area contributed by atoms with Gasteiger partial charge >= 0.3 is 0 Å². The normalized spacial score (nSPS) is 18.5. The lowest BCUT2D eigenvalue weighted by molar-refractivity contribution is -0.129. The summed E-state index contributed by atoms with van der Waals surface area (Å²) < 4.78 is 0. The molecule has 6 nitrogen and oxygen atoms in total. The van der Waals surface area contributed by atoms with E-state index < -0.39 is 0 Å². The van der Waals surface area contributed by atoms with Crippen LogP contribution in [0, 0.1) is 5.92 Å². The molecule has 1 unspecified atom stereocenters. The molecule has 1 N–H and O–H groups in total. The Bertz CT molecular complexity index is 909. The van der Waals surface area contributed by atoms with Crippen molar-refractivity contribution < 1.29 is 9.59 Å². The number of hydrogen-bond donors (Lipinski definition) is 1. The smallest absolute Gasteiger partial charge is 0.255 e. The number of amides is 2. The molecule has 0 spiro atoms. The SMILES string of the molecule is O=C(NCCc1ccccn1)C(C1CCCC1)N1CCN(C(=O)c2ccccc2Cl)CC1. The van der Waals surface area contributed by atoms with Crippen molar-refractivity contribution >= 4 is 23.4 Å². The lowest BCUT2D eigenvalue weighted by Gasteiger charge is -2.40. The fraction of sp³-hybridized carbons (Fsp3) is 0.480. The summed E-state index contributed by atoms with van der Waals surface area (Å²) in [5.41, 5.74) is 1.53. The van der Waals surface area contributed by atoms with Gasteiger partial charge in [0.25, 0.3) is 5.91 Å². The fourth-order valence-corrected chi connectivity index (χ4v) is 5.14. The minimum Gasteiger partial charge on any atom is -0.354 e. The van der Waals surface area contributed by atoms with Gasteiger partial charge in [-0.25, -0.2) is 0 Å². The second kappa shape index (κ2) is 10.9. The molecule has 1 atom stereocenters. The van der Waals surface area contributed by atoms with Gasteiger partial charge in [-0.3, -0.25) is 19.5 Å². The summed E-state index contributed by atoms with van der Waals surface area (Å²) >= 11 is 6.22. The highest BCUT2D eigenvalue weighted by atomic mass is 35.5. The Labute approximate surface area is 195 Å². The maximum absolute atomic E-state index is 13.2. The molecule has 32 heavy (non-hydrogen) atoms. The number of carbonyl (C=O) groups is 2. The van der Waals surface area contributed by atoms with E-state index in [0.717, 1.165) is 25.0 Å². The molecule has 1 aromatic carbocycles. The molecule has 1 aliphatic carbocycles. The van der Waals surface area contributed by atoms with Crippen LogP contribution in [0.3, 0.4) is 0 Å². The molecule has 170 valence electrons. The summed E-state index contributed by atoms with van der Waals surface area (Å²) in [7, 11) is 0. The second-order valence-electron chi connectivity index (χ2n) is 8.66. The van der Waals surface area contributed by atoms with Crippen molar-refractivity contribution in [3.63, 3.8) is 0 Å². The Morgan fingerprint density at radius 2 is 1.75 bits per heavy atom. The van der Waals surface area contributed by atoms with Crippen LogP contribution in [0.5, 0.6) is 0 Å². The lowest BCUT2D eigenvalue weighted by atomic mass is 9.95. The number of rotatable bonds is 7. The third kappa shape index (κ3) is 5.48. The Morgan fingerprint density at radius 1 is 1.03 bits per heavy atom. The van der Waals surface area contributed by atoms with E-state index in [0.29, 0.717) is 49.2 Å². The Hall–Kier alpha value is -2.44. The molecule has 1 saturated heterocycles. The molecular formula is C25H31ClN4O2. The molecule has 1 aromatic heterocycles. The fourth-order valence-electron chi connectivity index (χ4n) is 4.92. The van der Waals surface area contributed by atoms with Gasteiger partial charge in [-0.1, -0.05) is 42.6 Å². The number of carbonyl (C=O) groups excluding carboxylic acids is 2. The molecule has 2 fully saturated rings. The van der Waals surface area contributed by atoms with Gasteiger partial charge in [0.2, 0.25) is 5.91 Å². The van der Waals surface area contributed by atoms with Crippen LogP contribution in [0.25, 0.3) is 0 Å². The zero-order chi connectivity index (χ0) is 22.3. The maximum atomic E-state index is 13.2. The standard InChI is InChI=1S/C25H31ClN4O2/c26-22-11-4-3-10-21(22)25(32)30-17-15-29(16-18-30)23(19-7-1-2-8-19)24(31)28-14-12-20-9-5-6-13-27-20/h3-6,9-11,13,19,23H,1-2,7-8,12,14-18H2,(H,28,31). The topological polar surface area (TPSA) is 65.5 Å². The summed E-state index contributed by atoms with van der Waals surface area (Å²) in [6, 6.07) is 12.9. The van der Waals surface area contributed by atoms with Gasteiger partial charge in [-0.15, -0.1) is 0 Å². The number of nitrogens with one attached hydrogen (secondary N) is 1. The van der Waals surface area contributed by atoms with Crippen LogP contribution in [0.15, 0.2) is 48.7 Å². The lowest BCUT2D eigenvalue weighted by Crippen LogP contribution is -2.58. The molecule has 2 heterocycles. The van der Waals surface area contributed by atoms with Crippen LogP contribution in [0.1, 0.15) is 41.7 Å². The van der Waals surface area contributed by atoms with E-state index in [1.54, 1.807) is 18.3 Å². The molecule has 4 rings (SSSR count). The van der Waals surface area contributed by atoms with Gasteiger partial charge in [0.1, 0.15) is 0 Å². The zero-order valence-electron chi connectivity index (χ0n) is 18.4. The summed E-state index contributed by atoms with van der Waals surface area (Å²) in [5.74, 6) is 0.460. The van der Waals surface area contributed by atoms with Crippen molar-refractivity contribution in [1.82, 2.24) is 20.1 Å². The van der Waals surface area contributed by atoms with Crippen molar-refractivity contribution in [2.45, 2.75) is 38.1 Å². The first-order valence-corrected chi connectivity index (χ1v) is 12.0. The average Bonchev–Trinajstić information content (AvgIpc) is 3.35. The number of benzene rings is 1. The van der Waals surface area contributed by atoms with Crippen molar-refractivity contribution in [3.05, 3.63) is 64.9 Å². The highest BCUT2D eigenvalue weighted by Gasteiger charge is 2.37. The van der Waals surface area contributed by atoms with Crippen LogP contribution in [0.2, 0.25) is 5.02 Å². The zero-order valence-corrected chi connectivity index (χ0v) is 19.1. The predicted octanol–water partition coefficient (Wildman–Crippen LogP) is 3.41. The third-order valence-corrected chi connectivity index (χ3v) is 6.95. The Kier molecular flexibility index (Phi) is 7.76. The molecule has 7 heteroatoms. The van der Waals surface area contributed by atoms with Crippen molar-refractivity contribution in [3.8, 4) is 0 Å². The van der Waals surface area contributed by atoms with E-state index in [-0.39, 0.29) is 17.9 Å². The third-order valence-electron chi connectivity index (χ3n) is 6.62. The number of pyridine rings is 1. The first-order chi connectivity index (χ1) is 15.6. The van der Waals surface area contributed by atoms with Crippen LogP contribution in [-0.4, -0.2) is 65.4 Å². The van der Waals surface area contributed by atoms with E-state index in [2.05, 4.69) is 15.2 Å². The summed E-state index contributed by atoms with van der Waals surface area (Å²) in [5, 5.41) is 3.64. The highest BCUT2D eigenvalue weighted by Crippen LogP contribution is 2.31. The van der Waals surface area contributed by atoms with Crippen LogP contribution in [0.4, 0.5) is 0 Å². The molecular weight excluding hydrogens is 424 g/mol. The molecule has 2 amide bonds. The average molecular weight is 455 g/mol. The monoisotopic (exact) mass is 454 g/mol. The van der Waals surface area contributed by atoms with Gasteiger partial charge in [-0.05, 0) is 43.0 Å². The largest absolute Gasteiger partial charge is 0.354 e. The van der Waals surface area contributed by atoms with Crippen LogP contribution < -0.4 is 5.32 Å². The molecule has 0 radical (unpaired) electrons. The van der Waals surface area contributed by atoms with E-state index in [4.69, 9.17) is 11.6 Å². The Balaban J connectivity index is 1.35. The van der Waals surface area contributed by atoms with Crippen LogP contribution >= 0.6 is 11.6 Å². The molecule has 2 aliphatic rings. The molecule has 1 aliphatic heterocycles. The quantitative estimate of drug-likeness (QED) is 0.696. The van der Waals surface area contributed by atoms with E-state index in [1.807, 2.05) is 35.2 Å². The minimum atomic E-state index is -0.126. The van der Waals surface area contributed by atoms with Crippen molar-refractivity contribution in [1.29, 1.82) is 0 Å². The summed E-state index contributed by atoms with van der Waals surface area (Å²) in [6.45, 7) is 3.20. The first kappa shape index (κ1) is 22.7. The summed E-state index contributed by atoms with van der Waals surface area (Å²) in [6.07, 6.45) is 7.07. The van der Waals surface area contributed by atoms with Crippen molar-refractivity contribution in [2.75, 3.05) is 32.7 Å². The summed E-state index contributed by atoms with van der Waals surface area (Å²) in [4.78, 5) is 34.6. The molecule has 1 saturated carbocycles. The highest BCUT2D eigenvalue weighted by molar-refractivity contribution is 6.33. The number of aromatic nitrogens is 1. The van der Waals surface area contributed by atoms with E-state index >= 15 is 0 Å². The van der Waals surface area contributed by atoms with E-state index in [9.17, 15) is 9.59 Å². The van der Waals surface area contributed by atoms with Crippen molar-refractivity contribution in [2.24, 2.45) is 5.92 Å². The molecule has 2 aromatic rings. The van der Waals surface area contributed by atoms with Gasteiger partial charge in [0.05, 0.1) is 16.6 Å². The maximum Gasteiger partial charge on any atom is 0.255 e.